The third-order valence-electron chi connectivity index (χ3n) is 6.40. The van der Waals surface area contributed by atoms with Gasteiger partial charge in [0, 0.05) is 29.6 Å². The molecule has 0 unspecified atom stereocenters. The molecule has 6 nitrogen and oxygen atoms in total. The van der Waals surface area contributed by atoms with Gasteiger partial charge in [0.25, 0.3) is 0 Å². The van der Waals surface area contributed by atoms with Gasteiger partial charge in [-0.15, -0.1) is 11.3 Å². The van der Waals surface area contributed by atoms with Crippen molar-refractivity contribution in [1.29, 1.82) is 0 Å². The number of nitrogens with zero attached hydrogens (tertiary/aromatic N) is 1. The van der Waals surface area contributed by atoms with E-state index in [0.717, 1.165) is 20.1 Å². The minimum Gasteiger partial charge on any atom is -0.469 e. The summed E-state index contributed by atoms with van der Waals surface area (Å²) in [7, 11) is 1.33. The number of esters is 1. The average Bonchev–Trinajstić information content (AvgIpc) is 3.38. The molecule has 2 amide bonds. The van der Waals surface area contributed by atoms with Gasteiger partial charge in [0.05, 0.1) is 34.3 Å². The highest BCUT2D eigenvalue weighted by Gasteiger charge is 2.29. The summed E-state index contributed by atoms with van der Waals surface area (Å²) in [6.07, 6.45) is 4.27. The number of rotatable bonds is 7. The monoisotopic (exact) mass is 622 g/mol. The van der Waals surface area contributed by atoms with E-state index < -0.39 is 12.0 Å². The summed E-state index contributed by atoms with van der Waals surface area (Å²) < 4.78 is 6.59. The summed E-state index contributed by atoms with van der Waals surface area (Å²) in [6, 6.07) is 10.8. The third-order valence-corrected chi connectivity index (χ3v) is 8.84. The number of carbonyl (C=O) groups is 3. The van der Waals surface area contributed by atoms with Crippen molar-refractivity contribution < 1.29 is 19.1 Å². The second-order valence-corrected chi connectivity index (χ2v) is 11.3. The molecule has 1 aliphatic heterocycles. The zero-order valence-corrected chi connectivity index (χ0v) is 23.9. The number of hydrogen-bond acceptors (Lipinski definition) is 5. The van der Waals surface area contributed by atoms with Gasteiger partial charge in [0.2, 0.25) is 11.8 Å². The number of nitrogens with one attached hydrogen (secondary N) is 1. The lowest BCUT2D eigenvalue weighted by Gasteiger charge is -2.31. The first-order valence-corrected chi connectivity index (χ1v) is 14.1. The van der Waals surface area contributed by atoms with Crippen LogP contribution in [0.2, 0.25) is 10.0 Å². The molecule has 1 N–H and O–H groups in total. The molecule has 37 heavy (non-hydrogen) atoms. The van der Waals surface area contributed by atoms with Crippen molar-refractivity contribution in [2.45, 2.75) is 25.3 Å². The molecule has 1 aromatic heterocycles. The molecule has 2 heterocycles. The van der Waals surface area contributed by atoms with Gasteiger partial charge in [-0.05, 0) is 65.1 Å². The molecule has 1 fully saturated rings. The SMILES string of the molecule is COC(=O)C[C@@H](NC(=O)C1CCN(C(=O)/C=C/c2cc3ccsc3c(Cl)c2Cl)CC1)c1cccc(Br)c1. The number of ether oxygens (including phenoxy) is 1. The summed E-state index contributed by atoms with van der Waals surface area (Å²) in [5, 5.41) is 6.84. The van der Waals surface area contributed by atoms with Crippen molar-refractivity contribution in [2.75, 3.05) is 20.2 Å². The lowest BCUT2D eigenvalue weighted by atomic mass is 9.94. The summed E-state index contributed by atoms with van der Waals surface area (Å²) >= 11 is 17.7. The highest BCUT2D eigenvalue weighted by molar-refractivity contribution is 9.10. The maximum atomic E-state index is 13.1. The number of methoxy groups -OCH3 is 1. The predicted molar refractivity (Wildman–Crippen MR) is 152 cm³/mol. The van der Waals surface area contributed by atoms with Crippen LogP contribution < -0.4 is 5.32 Å². The topological polar surface area (TPSA) is 75.7 Å². The number of fused-ring (bicyclic) bond motifs is 1. The average molecular weight is 624 g/mol. The van der Waals surface area contributed by atoms with Crippen LogP contribution >= 0.6 is 50.5 Å². The molecule has 0 bridgehead atoms. The summed E-state index contributed by atoms with van der Waals surface area (Å²) in [5.74, 6) is -0.942. The van der Waals surface area contributed by atoms with Gasteiger partial charge in [0.1, 0.15) is 0 Å². The minimum absolute atomic E-state index is 0.0323. The van der Waals surface area contributed by atoms with Crippen molar-refractivity contribution in [3.8, 4) is 0 Å². The molecule has 10 heteroatoms. The van der Waals surface area contributed by atoms with Gasteiger partial charge in [-0.1, -0.05) is 51.3 Å². The summed E-state index contributed by atoms with van der Waals surface area (Å²) in [5.41, 5.74) is 1.50. The molecule has 0 spiro atoms. The number of likely N-dealkylation sites (tertiary alicyclic amines) is 1. The van der Waals surface area contributed by atoms with Crippen molar-refractivity contribution in [1.82, 2.24) is 10.2 Å². The van der Waals surface area contributed by atoms with Crippen LogP contribution in [0, 0.1) is 5.92 Å². The minimum atomic E-state index is -0.503. The van der Waals surface area contributed by atoms with E-state index in [1.54, 1.807) is 11.0 Å². The largest absolute Gasteiger partial charge is 0.469 e. The molecule has 0 aliphatic carbocycles. The van der Waals surface area contributed by atoms with Gasteiger partial charge in [0.15, 0.2) is 0 Å². The van der Waals surface area contributed by atoms with Crippen LogP contribution in [-0.2, 0) is 19.1 Å². The van der Waals surface area contributed by atoms with Crippen LogP contribution in [0.15, 0.2) is 52.3 Å². The van der Waals surface area contributed by atoms with E-state index in [2.05, 4.69) is 21.2 Å². The Morgan fingerprint density at radius 2 is 1.95 bits per heavy atom. The predicted octanol–water partition coefficient (Wildman–Crippen LogP) is 6.64. The molecule has 1 aliphatic rings. The van der Waals surface area contributed by atoms with Crippen molar-refractivity contribution in [2.24, 2.45) is 5.92 Å². The van der Waals surface area contributed by atoms with Crippen LogP contribution in [0.4, 0.5) is 0 Å². The van der Waals surface area contributed by atoms with Gasteiger partial charge >= 0.3 is 5.97 Å². The molecule has 2 aromatic carbocycles. The Hall–Kier alpha value is -2.39. The second-order valence-electron chi connectivity index (χ2n) is 8.76. The number of hydrogen-bond donors (Lipinski definition) is 1. The molecule has 4 rings (SSSR count). The number of amides is 2. The highest BCUT2D eigenvalue weighted by atomic mass is 79.9. The summed E-state index contributed by atoms with van der Waals surface area (Å²) in [4.78, 5) is 39.6. The Kier molecular flexibility index (Phi) is 9.29. The first-order chi connectivity index (χ1) is 17.8. The maximum absolute atomic E-state index is 13.1. The number of halogens is 3. The molecular formula is C27H25BrCl2N2O4S. The normalized spacial score (nSPS) is 15.2. The van der Waals surface area contributed by atoms with Gasteiger partial charge < -0.3 is 15.0 Å². The van der Waals surface area contributed by atoms with Crippen LogP contribution in [0.1, 0.15) is 36.4 Å². The zero-order chi connectivity index (χ0) is 26.5. The first-order valence-electron chi connectivity index (χ1n) is 11.7. The van der Waals surface area contributed by atoms with Gasteiger partial charge in [-0.25, -0.2) is 0 Å². The first kappa shape index (κ1) is 27.6. The lowest BCUT2D eigenvalue weighted by molar-refractivity contribution is -0.141. The van der Waals surface area contributed by atoms with Crippen LogP contribution in [-0.4, -0.2) is 42.9 Å². The third kappa shape index (κ3) is 6.74. The van der Waals surface area contributed by atoms with Crippen molar-refractivity contribution in [3.05, 3.63) is 73.5 Å². The van der Waals surface area contributed by atoms with E-state index in [1.807, 2.05) is 41.8 Å². The second kappa shape index (κ2) is 12.4. The van der Waals surface area contributed by atoms with E-state index >= 15 is 0 Å². The lowest BCUT2D eigenvalue weighted by Crippen LogP contribution is -2.43. The van der Waals surface area contributed by atoms with E-state index in [-0.39, 0.29) is 24.2 Å². The number of piperidine rings is 1. The summed E-state index contributed by atoms with van der Waals surface area (Å²) in [6.45, 7) is 0.912. The van der Waals surface area contributed by atoms with E-state index in [1.165, 1.54) is 24.5 Å². The fourth-order valence-electron chi connectivity index (χ4n) is 4.33. The fraction of sp³-hybridized carbons (Fsp3) is 0.296. The zero-order valence-electron chi connectivity index (χ0n) is 20.0. The molecule has 1 atom stereocenters. The van der Waals surface area contributed by atoms with Gasteiger partial charge in [-0.3, -0.25) is 14.4 Å². The van der Waals surface area contributed by atoms with Crippen LogP contribution in [0.25, 0.3) is 16.2 Å². The molecule has 0 radical (unpaired) electrons. The molecule has 1 saturated heterocycles. The van der Waals surface area contributed by atoms with E-state index in [4.69, 9.17) is 27.9 Å². The fourth-order valence-corrected chi connectivity index (χ4v) is 6.19. The molecule has 194 valence electrons. The molecule has 3 aromatic rings. The number of thiophene rings is 1. The number of carbonyl (C=O) groups excluding carboxylic acids is 3. The Morgan fingerprint density at radius 1 is 1.19 bits per heavy atom. The van der Waals surface area contributed by atoms with Crippen molar-refractivity contribution >= 4 is 84.4 Å². The highest BCUT2D eigenvalue weighted by Crippen LogP contribution is 2.37. The van der Waals surface area contributed by atoms with E-state index in [0.29, 0.717) is 41.5 Å². The van der Waals surface area contributed by atoms with E-state index in [9.17, 15) is 14.4 Å². The standard InChI is InChI=1S/C27H25BrCl2N2O4S/c1-36-23(34)15-21(17-3-2-4-20(28)14-17)31-27(35)16-7-10-32(11-8-16)22(33)6-5-18-13-19-9-12-37-26(19)25(30)24(18)29/h2-6,9,12-14,16,21H,7-8,10-11,15H2,1H3,(H,31,35)/b6-5+/t21-/m1/s1. The molecule has 0 saturated carbocycles. The quantitative estimate of drug-likeness (QED) is 0.236. The maximum Gasteiger partial charge on any atom is 0.307 e. The smallest absolute Gasteiger partial charge is 0.307 e. The van der Waals surface area contributed by atoms with Crippen LogP contribution in [0.5, 0.6) is 0 Å². The van der Waals surface area contributed by atoms with Crippen LogP contribution in [0.3, 0.4) is 0 Å². The van der Waals surface area contributed by atoms with Gasteiger partial charge in [-0.2, -0.15) is 0 Å². The Labute approximate surface area is 237 Å². The molecular weight excluding hydrogens is 599 g/mol. The Bertz CT molecular complexity index is 1350. The Morgan fingerprint density at radius 3 is 2.65 bits per heavy atom. The Balaban J connectivity index is 1.36. The van der Waals surface area contributed by atoms with Crippen molar-refractivity contribution in [3.63, 3.8) is 0 Å². The number of benzene rings is 2.